The predicted octanol–water partition coefficient (Wildman–Crippen LogP) is 6.44. The Kier molecular flexibility index (Phi) is 6.08. The van der Waals surface area contributed by atoms with Gasteiger partial charge in [-0.3, -0.25) is 4.79 Å². The number of unbranched alkanes of at least 4 members (excludes halogenated alkanes) is 1. The fraction of sp³-hybridized carbons (Fsp3) is 0.211. The Labute approximate surface area is 173 Å². The first-order valence-corrected chi connectivity index (χ1v) is 10.1. The minimum Gasteiger partial charge on any atom is -0.493 e. The number of nitrogens with zero attached hydrogens (tertiary/aromatic N) is 3. The molecule has 0 saturated carbocycles. The highest BCUT2D eigenvalue weighted by Gasteiger charge is 2.17. The van der Waals surface area contributed by atoms with Gasteiger partial charge in [0, 0.05) is 25.5 Å². The third-order valence-electron chi connectivity index (χ3n) is 4.02. The first-order chi connectivity index (χ1) is 12.5. The second kappa shape index (κ2) is 8.30. The van der Waals surface area contributed by atoms with Crippen LogP contribution in [0.25, 0.3) is 10.9 Å². The highest BCUT2D eigenvalue weighted by molar-refractivity contribution is 14.1. The van der Waals surface area contributed by atoms with Gasteiger partial charge in [-0.25, -0.2) is 0 Å². The average Bonchev–Trinajstić information content (AvgIpc) is 2.88. The molecule has 1 heterocycles. The standard InChI is InChI=1S/C19H17BrIN3O2/c1-2-3-9-24-16-8-7-13(20)11-15(16)17(19(24)26)22-23-18(25)12-5-4-6-14(21)10-12/h4-8,10-11,26H,2-3,9H2,1H3. The fourth-order valence-corrected chi connectivity index (χ4v) is 3.62. The van der Waals surface area contributed by atoms with Crippen LogP contribution in [0.1, 0.15) is 30.1 Å². The molecule has 0 fully saturated rings. The topological polar surface area (TPSA) is 66.9 Å². The largest absolute Gasteiger partial charge is 0.493 e. The van der Waals surface area contributed by atoms with Crippen LogP contribution in [0.5, 0.6) is 5.88 Å². The summed E-state index contributed by atoms with van der Waals surface area (Å²) >= 11 is 5.59. The number of fused-ring (bicyclic) bond motifs is 1. The molecule has 0 aliphatic heterocycles. The molecule has 0 bridgehead atoms. The number of amides is 1. The molecule has 1 amide bonds. The van der Waals surface area contributed by atoms with Crippen molar-refractivity contribution in [3.8, 4) is 5.88 Å². The van der Waals surface area contributed by atoms with Crippen molar-refractivity contribution in [1.29, 1.82) is 0 Å². The van der Waals surface area contributed by atoms with Crippen LogP contribution < -0.4 is 0 Å². The van der Waals surface area contributed by atoms with E-state index >= 15 is 0 Å². The Hall–Kier alpha value is -1.74. The van der Waals surface area contributed by atoms with Crippen molar-refractivity contribution in [3.05, 3.63) is 56.1 Å². The zero-order valence-electron chi connectivity index (χ0n) is 14.1. The molecular weight excluding hydrogens is 509 g/mol. The normalized spacial score (nSPS) is 11.5. The lowest BCUT2D eigenvalue weighted by Gasteiger charge is -2.05. The van der Waals surface area contributed by atoms with Gasteiger partial charge in [-0.15, -0.1) is 10.2 Å². The molecule has 0 aliphatic carbocycles. The number of aryl methyl sites for hydroxylation is 1. The van der Waals surface area contributed by atoms with Gasteiger partial charge in [-0.05, 0) is 65.4 Å². The SMILES string of the molecule is CCCCn1c(O)c(N=NC(=O)c2cccc(I)c2)c2cc(Br)ccc21. The van der Waals surface area contributed by atoms with E-state index in [1.807, 2.05) is 28.8 Å². The number of hydrogen-bond donors (Lipinski definition) is 1. The van der Waals surface area contributed by atoms with Gasteiger partial charge in [0.2, 0.25) is 5.88 Å². The molecule has 0 unspecified atom stereocenters. The van der Waals surface area contributed by atoms with E-state index in [0.29, 0.717) is 17.8 Å². The number of carbonyl (C=O) groups is 1. The Morgan fingerprint density at radius 2 is 2.08 bits per heavy atom. The summed E-state index contributed by atoms with van der Waals surface area (Å²) in [6.45, 7) is 2.78. The summed E-state index contributed by atoms with van der Waals surface area (Å²) in [5, 5.41) is 19.3. The van der Waals surface area contributed by atoms with Crippen molar-refractivity contribution in [2.45, 2.75) is 26.3 Å². The third-order valence-corrected chi connectivity index (χ3v) is 5.18. The molecule has 0 saturated heterocycles. The van der Waals surface area contributed by atoms with Crippen molar-refractivity contribution < 1.29 is 9.90 Å². The minimum atomic E-state index is -0.438. The van der Waals surface area contributed by atoms with Gasteiger partial charge >= 0.3 is 0 Å². The summed E-state index contributed by atoms with van der Waals surface area (Å²) < 4.78 is 3.64. The zero-order valence-corrected chi connectivity index (χ0v) is 17.9. The van der Waals surface area contributed by atoms with Crippen molar-refractivity contribution >= 4 is 61.0 Å². The number of azo groups is 1. The molecule has 0 aliphatic rings. The maximum absolute atomic E-state index is 12.3. The van der Waals surface area contributed by atoms with E-state index in [9.17, 15) is 9.90 Å². The molecule has 5 nitrogen and oxygen atoms in total. The Bertz CT molecular complexity index is 998. The van der Waals surface area contributed by atoms with Gasteiger partial charge < -0.3 is 9.67 Å². The predicted molar refractivity (Wildman–Crippen MR) is 114 cm³/mol. The quantitative estimate of drug-likeness (QED) is 0.307. The smallest absolute Gasteiger partial charge is 0.295 e. The van der Waals surface area contributed by atoms with Crippen molar-refractivity contribution in [2.75, 3.05) is 0 Å². The molecule has 7 heteroatoms. The Morgan fingerprint density at radius 1 is 1.27 bits per heavy atom. The van der Waals surface area contributed by atoms with Crippen LogP contribution in [0.15, 0.2) is 57.2 Å². The number of hydrogen-bond acceptors (Lipinski definition) is 3. The number of benzene rings is 2. The average molecular weight is 526 g/mol. The number of rotatable bonds is 5. The van der Waals surface area contributed by atoms with E-state index in [-0.39, 0.29) is 5.88 Å². The zero-order chi connectivity index (χ0) is 18.7. The molecule has 134 valence electrons. The van der Waals surface area contributed by atoms with Crippen molar-refractivity contribution in [3.63, 3.8) is 0 Å². The van der Waals surface area contributed by atoms with E-state index in [4.69, 9.17) is 0 Å². The van der Waals surface area contributed by atoms with E-state index in [2.05, 4.69) is 55.7 Å². The van der Waals surface area contributed by atoms with Crippen LogP contribution in [0, 0.1) is 3.57 Å². The van der Waals surface area contributed by atoms with Gasteiger partial charge in [0.25, 0.3) is 5.91 Å². The van der Waals surface area contributed by atoms with Crippen LogP contribution >= 0.6 is 38.5 Å². The van der Waals surface area contributed by atoms with Crippen LogP contribution in [0.4, 0.5) is 5.69 Å². The van der Waals surface area contributed by atoms with Gasteiger partial charge in [0.15, 0.2) is 5.69 Å². The number of aromatic nitrogens is 1. The monoisotopic (exact) mass is 525 g/mol. The van der Waals surface area contributed by atoms with Gasteiger partial charge in [-0.1, -0.05) is 35.3 Å². The summed E-state index contributed by atoms with van der Waals surface area (Å²) in [6.07, 6.45) is 1.95. The van der Waals surface area contributed by atoms with E-state index in [1.165, 1.54) is 0 Å². The second-order valence-electron chi connectivity index (χ2n) is 5.85. The van der Waals surface area contributed by atoms with Crippen LogP contribution in [-0.2, 0) is 6.54 Å². The lowest BCUT2D eigenvalue weighted by Crippen LogP contribution is -1.96. The summed E-state index contributed by atoms with van der Waals surface area (Å²) in [5.74, 6) is -0.405. The van der Waals surface area contributed by atoms with Crippen molar-refractivity contribution in [2.24, 2.45) is 10.2 Å². The molecule has 0 atom stereocenters. The molecule has 26 heavy (non-hydrogen) atoms. The van der Waals surface area contributed by atoms with Gasteiger partial charge in [0.05, 0.1) is 5.52 Å². The Morgan fingerprint density at radius 3 is 2.81 bits per heavy atom. The van der Waals surface area contributed by atoms with Crippen LogP contribution in [-0.4, -0.2) is 15.6 Å². The molecule has 3 aromatic rings. The fourth-order valence-electron chi connectivity index (χ4n) is 2.71. The molecule has 0 spiro atoms. The second-order valence-corrected chi connectivity index (χ2v) is 8.02. The first-order valence-electron chi connectivity index (χ1n) is 8.23. The lowest BCUT2D eigenvalue weighted by molar-refractivity contribution is 0.0995. The van der Waals surface area contributed by atoms with Crippen molar-refractivity contribution in [1.82, 2.24) is 4.57 Å². The van der Waals surface area contributed by atoms with Gasteiger partial charge in [0.1, 0.15) is 0 Å². The highest BCUT2D eigenvalue weighted by Crippen LogP contribution is 2.40. The highest BCUT2D eigenvalue weighted by atomic mass is 127. The Balaban J connectivity index is 2.02. The molecule has 0 radical (unpaired) electrons. The molecule has 2 aromatic carbocycles. The van der Waals surface area contributed by atoms with Crippen LogP contribution in [0.3, 0.4) is 0 Å². The summed E-state index contributed by atoms with van der Waals surface area (Å²) in [5.41, 5.74) is 1.65. The summed E-state index contributed by atoms with van der Waals surface area (Å²) in [7, 11) is 0. The third kappa shape index (κ3) is 3.98. The first kappa shape index (κ1) is 19.0. The summed E-state index contributed by atoms with van der Waals surface area (Å²) in [6, 6.07) is 12.9. The van der Waals surface area contributed by atoms with E-state index in [1.54, 1.807) is 18.2 Å². The summed E-state index contributed by atoms with van der Waals surface area (Å²) in [4.78, 5) is 12.3. The molecular formula is C19H17BrIN3O2. The maximum atomic E-state index is 12.3. The number of halogens is 2. The van der Waals surface area contributed by atoms with Crippen LogP contribution in [0.2, 0.25) is 0 Å². The molecule has 1 aromatic heterocycles. The number of aromatic hydroxyl groups is 1. The lowest BCUT2D eigenvalue weighted by atomic mass is 10.2. The number of carbonyl (C=O) groups excluding carboxylic acids is 1. The minimum absolute atomic E-state index is 0.0331. The van der Waals surface area contributed by atoms with E-state index in [0.717, 1.165) is 31.8 Å². The van der Waals surface area contributed by atoms with Gasteiger partial charge in [-0.2, -0.15) is 0 Å². The van der Waals surface area contributed by atoms with E-state index < -0.39 is 5.91 Å². The maximum Gasteiger partial charge on any atom is 0.295 e. The molecule has 1 N–H and O–H groups in total. The molecule has 3 rings (SSSR count).